The van der Waals surface area contributed by atoms with Crippen LogP contribution in [0.25, 0.3) is 0 Å². The average Bonchev–Trinajstić information content (AvgIpc) is 2.50. The van der Waals surface area contributed by atoms with E-state index in [1.807, 2.05) is 18.2 Å². The third-order valence-corrected chi connectivity index (χ3v) is 4.31. The van der Waals surface area contributed by atoms with Gasteiger partial charge in [-0.25, -0.2) is 0 Å². The van der Waals surface area contributed by atoms with Gasteiger partial charge in [-0.15, -0.1) is 0 Å². The topological polar surface area (TPSA) is 34.1 Å². The SMILES string of the molecule is CCc1ccc2c(c1C(C)(C)C)C(=O)c1ccccc1C2=O. The number of aryl methyl sites for hydroxylation is 1. The van der Waals surface area contributed by atoms with E-state index in [0.717, 1.165) is 17.5 Å². The quantitative estimate of drug-likeness (QED) is 0.669. The second kappa shape index (κ2) is 4.91. The molecular weight excluding hydrogens is 272 g/mol. The number of fused-ring (bicyclic) bond motifs is 2. The van der Waals surface area contributed by atoms with E-state index in [9.17, 15) is 9.59 Å². The van der Waals surface area contributed by atoms with Gasteiger partial charge in [0.1, 0.15) is 0 Å². The van der Waals surface area contributed by atoms with Crippen LogP contribution in [0.1, 0.15) is 70.7 Å². The van der Waals surface area contributed by atoms with Crippen LogP contribution in [0.4, 0.5) is 0 Å². The molecule has 0 heterocycles. The van der Waals surface area contributed by atoms with Gasteiger partial charge < -0.3 is 0 Å². The highest BCUT2D eigenvalue weighted by Crippen LogP contribution is 2.37. The molecule has 0 unspecified atom stereocenters. The zero-order valence-corrected chi connectivity index (χ0v) is 13.5. The van der Waals surface area contributed by atoms with Gasteiger partial charge in [-0.2, -0.15) is 0 Å². The number of hydrogen-bond donors (Lipinski definition) is 0. The Morgan fingerprint density at radius 2 is 1.41 bits per heavy atom. The van der Waals surface area contributed by atoms with Gasteiger partial charge in [-0.3, -0.25) is 9.59 Å². The van der Waals surface area contributed by atoms with Crippen molar-refractivity contribution in [2.24, 2.45) is 0 Å². The third kappa shape index (κ3) is 2.02. The van der Waals surface area contributed by atoms with Crippen LogP contribution >= 0.6 is 0 Å². The summed E-state index contributed by atoms with van der Waals surface area (Å²) in [6.07, 6.45) is 0.850. The van der Waals surface area contributed by atoms with Crippen molar-refractivity contribution in [3.05, 3.63) is 69.8 Å². The molecule has 1 aliphatic carbocycles. The van der Waals surface area contributed by atoms with E-state index in [4.69, 9.17) is 0 Å². The molecule has 0 aromatic heterocycles. The summed E-state index contributed by atoms with van der Waals surface area (Å²) < 4.78 is 0. The number of rotatable bonds is 1. The number of carbonyl (C=O) groups excluding carboxylic acids is 2. The van der Waals surface area contributed by atoms with Crippen molar-refractivity contribution in [2.45, 2.75) is 39.5 Å². The monoisotopic (exact) mass is 292 g/mol. The van der Waals surface area contributed by atoms with Crippen LogP contribution < -0.4 is 0 Å². The number of ketones is 2. The summed E-state index contributed by atoms with van der Waals surface area (Å²) in [5.74, 6) is -0.0659. The minimum Gasteiger partial charge on any atom is -0.289 e. The Balaban J connectivity index is 2.39. The van der Waals surface area contributed by atoms with Gasteiger partial charge in [0.25, 0.3) is 0 Å². The van der Waals surface area contributed by atoms with Crippen LogP contribution in [0.3, 0.4) is 0 Å². The summed E-state index contributed by atoms with van der Waals surface area (Å²) in [5, 5.41) is 0. The molecule has 2 aromatic rings. The second-order valence-electron chi connectivity index (χ2n) is 6.83. The molecule has 112 valence electrons. The molecule has 2 heteroatoms. The van der Waals surface area contributed by atoms with Crippen molar-refractivity contribution < 1.29 is 9.59 Å². The van der Waals surface area contributed by atoms with Crippen molar-refractivity contribution in [1.29, 1.82) is 0 Å². The Morgan fingerprint density at radius 3 is 1.95 bits per heavy atom. The molecule has 22 heavy (non-hydrogen) atoms. The minimum absolute atomic E-state index is 0.0228. The van der Waals surface area contributed by atoms with E-state index in [1.54, 1.807) is 18.2 Å². The van der Waals surface area contributed by atoms with Crippen molar-refractivity contribution in [3.63, 3.8) is 0 Å². The van der Waals surface area contributed by atoms with Gasteiger partial charge in [0.15, 0.2) is 11.6 Å². The fraction of sp³-hybridized carbons (Fsp3) is 0.300. The first-order valence-corrected chi connectivity index (χ1v) is 7.71. The molecule has 0 saturated carbocycles. The molecule has 0 bridgehead atoms. The summed E-state index contributed by atoms with van der Waals surface area (Å²) in [6.45, 7) is 8.38. The third-order valence-electron chi connectivity index (χ3n) is 4.31. The van der Waals surface area contributed by atoms with Crippen LogP contribution in [0.5, 0.6) is 0 Å². The van der Waals surface area contributed by atoms with Gasteiger partial charge in [0.05, 0.1) is 0 Å². The predicted octanol–water partition coefficient (Wildman–Crippen LogP) is 4.32. The van der Waals surface area contributed by atoms with Crippen molar-refractivity contribution >= 4 is 11.6 Å². The molecule has 0 amide bonds. The minimum atomic E-state index is -0.182. The van der Waals surface area contributed by atoms with Gasteiger partial charge in [-0.05, 0) is 29.0 Å². The Bertz CT molecular complexity index is 792. The Morgan fingerprint density at radius 1 is 0.818 bits per heavy atom. The van der Waals surface area contributed by atoms with Crippen LogP contribution in [0, 0.1) is 0 Å². The zero-order chi connectivity index (χ0) is 16.1. The zero-order valence-electron chi connectivity index (χ0n) is 13.5. The lowest BCUT2D eigenvalue weighted by Crippen LogP contribution is -2.27. The van der Waals surface area contributed by atoms with Gasteiger partial charge in [0.2, 0.25) is 0 Å². The van der Waals surface area contributed by atoms with E-state index in [-0.39, 0.29) is 17.0 Å². The second-order valence-corrected chi connectivity index (χ2v) is 6.83. The van der Waals surface area contributed by atoms with E-state index >= 15 is 0 Å². The van der Waals surface area contributed by atoms with Gasteiger partial charge in [0, 0.05) is 22.3 Å². The largest absolute Gasteiger partial charge is 0.289 e. The molecule has 1 aliphatic rings. The highest BCUT2D eigenvalue weighted by atomic mass is 16.1. The lowest BCUT2D eigenvalue weighted by molar-refractivity contribution is 0.0977. The van der Waals surface area contributed by atoms with E-state index in [0.29, 0.717) is 22.3 Å². The summed E-state index contributed by atoms with van der Waals surface area (Å²) in [6, 6.07) is 10.9. The average molecular weight is 292 g/mol. The summed E-state index contributed by atoms with van der Waals surface area (Å²) in [4.78, 5) is 25.8. The Labute approximate surface area is 131 Å². The van der Waals surface area contributed by atoms with E-state index in [1.165, 1.54) is 0 Å². The summed E-state index contributed by atoms with van der Waals surface area (Å²) in [5.41, 5.74) is 4.18. The molecule has 0 N–H and O–H groups in total. The number of hydrogen-bond acceptors (Lipinski definition) is 2. The van der Waals surface area contributed by atoms with E-state index < -0.39 is 0 Å². The fourth-order valence-electron chi connectivity index (χ4n) is 3.38. The van der Waals surface area contributed by atoms with Crippen LogP contribution in [0.2, 0.25) is 0 Å². The molecule has 0 radical (unpaired) electrons. The van der Waals surface area contributed by atoms with Crippen LogP contribution in [-0.4, -0.2) is 11.6 Å². The normalized spacial score (nSPS) is 13.8. The standard InChI is InChI=1S/C20H20O2/c1-5-12-10-11-15-16(17(12)20(2,3)4)19(22)14-9-7-6-8-13(14)18(15)21/h6-11H,5H2,1-4H3. The molecule has 0 saturated heterocycles. The lowest BCUT2D eigenvalue weighted by Gasteiger charge is -2.29. The number of carbonyl (C=O) groups is 2. The Hall–Kier alpha value is -2.22. The molecule has 2 aromatic carbocycles. The molecular formula is C20H20O2. The Kier molecular flexibility index (Phi) is 3.28. The molecule has 0 fully saturated rings. The number of benzene rings is 2. The molecule has 2 nitrogen and oxygen atoms in total. The van der Waals surface area contributed by atoms with Crippen molar-refractivity contribution in [3.8, 4) is 0 Å². The van der Waals surface area contributed by atoms with Crippen LogP contribution in [-0.2, 0) is 11.8 Å². The first-order chi connectivity index (χ1) is 10.4. The maximum Gasteiger partial charge on any atom is 0.194 e. The van der Waals surface area contributed by atoms with Crippen molar-refractivity contribution in [2.75, 3.05) is 0 Å². The first-order valence-electron chi connectivity index (χ1n) is 7.71. The lowest BCUT2D eigenvalue weighted by atomic mass is 9.73. The molecule has 0 spiro atoms. The van der Waals surface area contributed by atoms with E-state index in [2.05, 4.69) is 27.7 Å². The molecule has 0 aliphatic heterocycles. The maximum atomic E-state index is 13.0. The summed E-state index contributed by atoms with van der Waals surface area (Å²) in [7, 11) is 0. The maximum absolute atomic E-state index is 13.0. The van der Waals surface area contributed by atoms with Gasteiger partial charge >= 0.3 is 0 Å². The van der Waals surface area contributed by atoms with Crippen LogP contribution in [0.15, 0.2) is 36.4 Å². The fourth-order valence-corrected chi connectivity index (χ4v) is 3.38. The molecule has 3 rings (SSSR count). The predicted molar refractivity (Wildman–Crippen MR) is 87.8 cm³/mol. The van der Waals surface area contributed by atoms with Gasteiger partial charge in [-0.1, -0.05) is 58.0 Å². The smallest absolute Gasteiger partial charge is 0.194 e. The summed E-state index contributed by atoms with van der Waals surface area (Å²) >= 11 is 0. The highest BCUT2D eigenvalue weighted by molar-refractivity contribution is 6.29. The van der Waals surface area contributed by atoms with Crippen molar-refractivity contribution in [1.82, 2.24) is 0 Å². The first kappa shape index (κ1) is 14.7. The molecule has 0 atom stereocenters. The highest BCUT2D eigenvalue weighted by Gasteiger charge is 2.35.